The van der Waals surface area contributed by atoms with Crippen LogP contribution in [0, 0.1) is 18.3 Å². The molecule has 162 valence electrons. The summed E-state index contributed by atoms with van der Waals surface area (Å²) in [5.41, 5.74) is 6.87. The van der Waals surface area contributed by atoms with Crippen LogP contribution < -0.4 is 19.9 Å². The van der Waals surface area contributed by atoms with Crippen molar-refractivity contribution in [3.8, 4) is 23.3 Å². The van der Waals surface area contributed by atoms with Crippen LogP contribution in [0.1, 0.15) is 23.0 Å². The first-order valence-corrected chi connectivity index (χ1v) is 10.2. The van der Waals surface area contributed by atoms with Gasteiger partial charge in [-0.25, -0.2) is 4.79 Å². The highest BCUT2D eigenvalue weighted by molar-refractivity contribution is 6.35. The smallest absolute Gasteiger partial charge is 0.349 e. The summed E-state index contributed by atoms with van der Waals surface area (Å²) in [6, 6.07) is 15.1. The van der Waals surface area contributed by atoms with Crippen molar-refractivity contribution in [3.63, 3.8) is 0 Å². The van der Waals surface area contributed by atoms with Gasteiger partial charge in [0.2, 0.25) is 5.88 Å². The molecular weight excluding hydrogens is 455 g/mol. The Morgan fingerprint density at radius 2 is 2.00 bits per heavy atom. The average Bonchev–Trinajstić information content (AvgIpc) is 3.18. The second-order valence-electron chi connectivity index (χ2n) is 6.91. The van der Waals surface area contributed by atoms with E-state index in [0.717, 1.165) is 0 Å². The molecule has 1 unspecified atom stereocenters. The average molecular weight is 471 g/mol. The minimum Gasteiger partial charge on any atom is -0.480 e. The number of furan rings is 1. The minimum absolute atomic E-state index is 0.0387. The molecule has 0 radical (unpaired) electrons. The highest BCUT2D eigenvalue weighted by Gasteiger charge is 2.33. The molecule has 32 heavy (non-hydrogen) atoms. The fraction of sp³-hybridized carbons (Fsp3) is 0.130. The van der Waals surface area contributed by atoms with Gasteiger partial charge in [-0.2, -0.15) is 5.26 Å². The minimum atomic E-state index is -0.647. The zero-order chi connectivity index (χ0) is 22.8. The first-order valence-electron chi connectivity index (χ1n) is 9.42. The number of allylic oxidation sites excluding steroid dienone is 1. The molecule has 3 aromatic rings. The van der Waals surface area contributed by atoms with Crippen molar-refractivity contribution in [2.45, 2.75) is 12.8 Å². The molecule has 2 aromatic carbocycles. The molecule has 4 rings (SSSR count). The number of rotatable bonds is 5. The van der Waals surface area contributed by atoms with E-state index in [1.165, 1.54) is 12.1 Å². The molecule has 7 nitrogen and oxygen atoms in total. The van der Waals surface area contributed by atoms with Gasteiger partial charge in [-0.15, -0.1) is 0 Å². The van der Waals surface area contributed by atoms with Gasteiger partial charge < -0.3 is 24.4 Å². The lowest BCUT2D eigenvalue weighted by Crippen LogP contribution is -2.21. The number of aryl methyl sites for hydroxylation is 1. The molecule has 1 aliphatic heterocycles. The number of carbonyl (C=O) groups excluding carboxylic acids is 1. The lowest BCUT2D eigenvalue weighted by molar-refractivity contribution is -0.136. The van der Waals surface area contributed by atoms with Gasteiger partial charge in [-0.1, -0.05) is 29.3 Å². The van der Waals surface area contributed by atoms with Crippen molar-refractivity contribution in [1.29, 1.82) is 5.26 Å². The second kappa shape index (κ2) is 8.87. The van der Waals surface area contributed by atoms with E-state index in [2.05, 4.69) is 6.07 Å². The normalized spacial score (nSPS) is 14.9. The Kier molecular flexibility index (Phi) is 5.99. The van der Waals surface area contributed by atoms with E-state index in [-0.39, 0.29) is 28.8 Å². The Labute approximate surface area is 193 Å². The van der Waals surface area contributed by atoms with Crippen LogP contribution in [0.5, 0.6) is 17.2 Å². The Bertz CT molecular complexity index is 1280. The molecule has 0 saturated carbocycles. The Morgan fingerprint density at radius 3 is 2.69 bits per heavy atom. The molecule has 1 aliphatic rings. The summed E-state index contributed by atoms with van der Waals surface area (Å²) in [6.07, 6.45) is 0. The van der Waals surface area contributed by atoms with Gasteiger partial charge in [0.25, 0.3) is 0 Å². The highest BCUT2D eigenvalue weighted by Crippen LogP contribution is 2.43. The maximum Gasteiger partial charge on any atom is 0.349 e. The van der Waals surface area contributed by atoms with Crippen molar-refractivity contribution in [2.24, 2.45) is 5.73 Å². The fourth-order valence-corrected chi connectivity index (χ4v) is 3.75. The number of hydrogen-bond acceptors (Lipinski definition) is 7. The van der Waals surface area contributed by atoms with Crippen LogP contribution in [0.2, 0.25) is 10.0 Å². The third-order valence-corrected chi connectivity index (χ3v) is 5.24. The quantitative estimate of drug-likeness (QED) is 0.408. The zero-order valence-corrected chi connectivity index (χ0v) is 18.2. The standard InChI is InChI=1S/C23H16Cl2N2O5/c1-12-2-6-19(30-12)22-15-5-4-14(9-20(15)32-23(27)16(22)10-26)31-21(28)11-29-18-7-3-13(24)8-17(18)25/h2-9,22H,11,27H2,1H3. The van der Waals surface area contributed by atoms with Gasteiger partial charge in [0, 0.05) is 16.7 Å². The van der Waals surface area contributed by atoms with Crippen LogP contribution in [-0.4, -0.2) is 12.6 Å². The van der Waals surface area contributed by atoms with Gasteiger partial charge in [0.15, 0.2) is 6.61 Å². The van der Waals surface area contributed by atoms with Crippen molar-refractivity contribution >= 4 is 29.2 Å². The topological polar surface area (TPSA) is 108 Å². The van der Waals surface area contributed by atoms with E-state index >= 15 is 0 Å². The molecule has 0 saturated heterocycles. The van der Waals surface area contributed by atoms with E-state index in [1.807, 2.05) is 6.92 Å². The summed E-state index contributed by atoms with van der Waals surface area (Å²) in [7, 11) is 0. The summed E-state index contributed by atoms with van der Waals surface area (Å²) < 4.78 is 22.1. The monoisotopic (exact) mass is 470 g/mol. The lowest BCUT2D eigenvalue weighted by Gasteiger charge is -2.25. The SMILES string of the molecule is Cc1ccc(C2C(C#N)=C(N)Oc3cc(OC(=O)COc4ccc(Cl)cc4Cl)ccc32)o1. The van der Waals surface area contributed by atoms with Gasteiger partial charge in [-0.3, -0.25) is 0 Å². The number of hydrogen-bond donors (Lipinski definition) is 1. The van der Waals surface area contributed by atoms with Crippen molar-refractivity contribution in [3.05, 3.63) is 87.1 Å². The number of halogens is 2. The van der Waals surface area contributed by atoms with Crippen LogP contribution in [0.15, 0.2) is 64.4 Å². The van der Waals surface area contributed by atoms with Crippen molar-refractivity contribution < 1.29 is 23.4 Å². The number of carbonyl (C=O) groups is 1. The molecule has 9 heteroatoms. The molecule has 0 amide bonds. The molecular formula is C23H16Cl2N2O5. The fourth-order valence-electron chi connectivity index (χ4n) is 3.29. The van der Waals surface area contributed by atoms with Crippen LogP contribution in [-0.2, 0) is 4.79 Å². The maximum atomic E-state index is 12.2. The van der Waals surface area contributed by atoms with E-state index < -0.39 is 11.9 Å². The predicted molar refractivity (Wildman–Crippen MR) is 117 cm³/mol. The molecule has 2 N–H and O–H groups in total. The van der Waals surface area contributed by atoms with E-state index in [1.54, 1.807) is 36.4 Å². The molecule has 1 atom stereocenters. The number of nitrogens with zero attached hydrogens (tertiary/aromatic N) is 1. The van der Waals surface area contributed by atoms with E-state index in [4.69, 9.17) is 47.6 Å². The number of nitrogens with two attached hydrogens (primary N) is 1. The highest BCUT2D eigenvalue weighted by atomic mass is 35.5. The van der Waals surface area contributed by atoms with Gasteiger partial charge >= 0.3 is 5.97 Å². The Morgan fingerprint density at radius 1 is 1.19 bits per heavy atom. The number of nitriles is 1. The number of esters is 1. The Balaban J connectivity index is 1.52. The molecule has 2 heterocycles. The Hall–Kier alpha value is -3.60. The third kappa shape index (κ3) is 4.37. The van der Waals surface area contributed by atoms with E-state index in [9.17, 15) is 10.1 Å². The predicted octanol–water partition coefficient (Wildman–Crippen LogP) is 5.10. The third-order valence-electron chi connectivity index (χ3n) is 4.71. The lowest BCUT2D eigenvalue weighted by atomic mass is 9.87. The largest absolute Gasteiger partial charge is 0.480 e. The van der Waals surface area contributed by atoms with Crippen LogP contribution in [0.25, 0.3) is 0 Å². The number of fused-ring (bicyclic) bond motifs is 1. The summed E-state index contributed by atoms with van der Waals surface area (Å²) in [5.74, 6) is 0.932. The van der Waals surface area contributed by atoms with Crippen LogP contribution in [0.4, 0.5) is 0 Å². The van der Waals surface area contributed by atoms with E-state index in [0.29, 0.717) is 33.6 Å². The maximum absolute atomic E-state index is 12.2. The van der Waals surface area contributed by atoms with Gasteiger partial charge in [0.05, 0.1) is 10.9 Å². The summed E-state index contributed by atoms with van der Waals surface area (Å²) in [4.78, 5) is 12.2. The number of ether oxygens (including phenoxy) is 3. The molecule has 0 aliphatic carbocycles. The van der Waals surface area contributed by atoms with Crippen LogP contribution in [0.3, 0.4) is 0 Å². The first-order chi connectivity index (χ1) is 15.4. The summed E-state index contributed by atoms with van der Waals surface area (Å²) in [5, 5.41) is 10.3. The molecule has 0 spiro atoms. The van der Waals surface area contributed by atoms with Crippen LogP contribution >= 0.6 is 23.2 Å². The molecule has 0 fully saturated rings. The van der Waals surface area contributed by atoms with Crippen molar-refractivity contribution in [2.75, 3.05) is 6.61 Å². The zero-order valence-electron chi connectivity index (χ0n) is 16.7. The molecule has 1 aromatic heterocycles. The first kappa shape index (κ1) is 21.6. The molecule has 0 bridgehead atoms. The summed E-state index contributed by atoms with van der Waals surface area (Å²) >= 11 is 11.9. The van der Waals surface area contributed by atoms with Crippen molar-refractivity contribution in [1.82, 2.24) is 0 Å². The van der Waals surface area contributed by atoms with Gasteiger partial charge in [0.1, 0.15) is 40.4 Å². The number of benzene rings is 2. The second-order valence-corrected chi connectivity index (χ2v) is 7.75. The van der Waals surface area contributed by atoms with Gasteiger partial charge in [-0.05, 0) is 43.3 Å². The summed E-state index contributed by atoms with van der Waals surface area (Å²) in [6.45, 7) is 1.44.